The summed E-state index contributed by atoms with van der Waals surface area (Å²) in [7, 11) is 0. The number of pyridine rings is 1. The van der Waals surface area contributed by atoms with Crippen molar-refractivity contribution in [1.82, 2.24) is 10.3 Å². The molecule has 0 saturated heterocycles. The Kier molecular flexibility index (Phi) is 5.43. The highest BCUT2D eigenvalue weighted by atomic mass is 19.2. The van der Waals surface area contributed by atoms with Crippen LogP contribution in [0, 0.1) is 17.5 Å². The molecular weight excluding hydrogens is 403 g/mol. The molecule has 1 amide bonds. The van der Waals surface area contributed by atoms with Crippen LogP contribution in [0.25, 0.3) is 10.9 Å². The van der Waals surface area contributed by atoms with Gasteiger partial charge in [0.1, 0.15) is 0 Å². The van der Waals surface area contributed by atoms with Crippen molar-refractivity contribution in [1.29, 1.82) is 0 Å². The first-order valence-corrected chi connectivity index (χ1v) is 10.1. The summed E-state index contributed by atoms with van der Waals surface area (Å²) in [5, 5.41) is 6.39. The number of nitrogens with zero attached hydrogens (tertiary/aromatic N) is 1. The van der Waals surface area contributed by atoms with Gasteiger partial charge in [0.25, 0.3) is 5.91 Å². The molecule has 0 radical (unpaired) electrons. The highest BCUT2D eigenvalue weighted by Gasteiger charge is 2.31. The van der Waals surface area contributed by atoms with E-state index in [2.05, 4.69) is 17.2 Å². The van der Waals surface area contributed by atoms with Gasteiger partial charge in [-0.2, -0.15) is 0 Å². The molecule has 1 aromatic heterocycles. The Morgan fingerprint density at radius 1 is 1.29 bits per heavy atom. The number of carbonyl (C=O) groups is 1. The zero-order valence-electron chi connectivity index (χ0n) is 17.2. The lowest BCUT2D eigenvalue weighted by Crippen LogP contribution is -2.30. The summed E-state index contributed by atoms with van der Waals surface area (Å²) >= 11 is 0. The quantitative estimate of drug-likeness (QED) is 0.412. The zero-order chi connectivity index (χ0) is 22.3. The van der Waals surface area contributed by atoms with Crippen molar-refractivity contribution in [3.63, 3.8) is 0 Å². The second-order valence-corrected chi connectivity index (χ2v) is 7.91. The van der Waals surface area contributed by atoms with Crippen LogP contribution in [0.5, 0.6) is 0 Å². The predicted octanol–water partition coefficient (Wildman–Crippen LogP) is 5.57. The maximum atomic E-state index is 14.2. The summed E-state index contributed by atoms with van der Waals surface area (Å²) in [6.45, 7) is 7.81. The van der Waals surface area contributed by atoms with E-state index in [-0.39, 0.29) is 27.0 Å². The lowest BCUT2D eigenvalue weighted by molar-refractivity contribution is 0.0945. The van der Waals surface area contributed by atoms with Gasteiger partial charge in [-0.05, 0) is 49.6 Å². The number of amides is 1. The average Bonchev–Trinajstić information content (AvgIpc) is 3.15. The molecule has 0 fully saturated rings. The van der Waals surface area contributed by atoms with Gasteiger partial charge in [0, 0.05) is 32.3 Å². The minimum absolute atomic E-state index is 0. The van der Waals surface area contributed by atoms with Crippen molar-refractivity contribution in [2.75, 3.05) is 11.9 Å². The zero-order valence-corrected chi connectivity index (χ0v) is 17.2. The Balaban J connectivity index is 0.00000193. The molecule has 0 saturated carbocycles. The van der Waals surface area contributed by atoms with E-state index in [4.69, 9.17) is 4.98 Å². The minimum Gasteiger partial charge on any atom is -0.381 e. The first kappa shape index (κ1) is 20.9. The maximum absolute atomic E-state index is 14.2. The summed E-state index contributed by atoms with van der Waals surface area (Å²) in [5.41, 5.74) is 2.88. The predicted molar refractivity (Wildman–Crippen MR) is 119 cm³/mol. The first-order valence-electron chi connectivity index (χ1n) is 10.1. The molecule has 2 N–H and O–H groups in total. The van der Waals surface area contributed by atoms with Gasteiger partial charge in [0.15, 0.2) is 17.5 Å². The third kappa shape index (κ3) is 3.65. The second kappa shape index (κ2) is 8.06. The number of rotatable bonds is 5. The van der Waals surface area contributed by atoms with E-state index in [1.807, 2.05) is 19.9 Å². The van der Waals surface area contributed by atoms with Gasteiger partial charge < -0.3 is 10.6 Å². The third-order valence-electron chi connectivity index (χ3n) is 5.40. The molecule has 1 aliphatic rings. The van der Waals surface area contributed by atoms with Crippen molar-refractivity contribution in [2.24, 2.45) is 0 Å². The second-order valence-electron chi connectivity index (χ2n) is 7.91. The Bertz CT molecular complexity index is 1220. The van der Waals surface area contributed by atoms with E-state index in [9.17, 15) is 18.0 Å². The fourth-order valence-electron chi connectivity index (χ4n) is 3.99. The number of fused-ring (bicyclic) bond motifs is 2. The molecule has 0 bridgehead atoms. The summed E-state index contributed by atoms with van der Waals surface area (Å²) < 4.78 is 41.7. The number of benzene rings is 2. The fraction of sp³-hybridized carbons (Fsp3) is 0.250. The molecule has 4 nitrogen and oxygen atoms in total. The van der Waals surface area contributed by atoms with Crippen molar-refractivity contribution < 1.29 is 20.8 Å². The highest BCUT2D eigenvalue weighted by molar-refractivity contribution is 6.07. The number of halogens is 3. The molecule has 3 aromatic rings. The van der Waals surface area contributed by atoms with Gasteiger partial charge in [-0.25, -0.2) is 13.2 Å². The number of carbonyl (C=O) groups excluding carboxylic acids is 1. The minimum atomic E-state index is -1.49. The van der Waals surface area contributed by atoms with Crippen LogP contribution >= 0.6 is 0 Å². The van der Waals surface area contributed by atoms with E-state index >= 15 is 0 Å². The number of hydrogen-bond donors (Lipinski definition) is 2. The number of aromatic nitrogens is 1. The largest absolute Gasteiger partial charge is 0.381 e. The summed E-state index contributed by atoms with van der Waals surface area (Å²) in [6, 6.07) is 8.14. The molecule has 1 atom stereocenters. The van der Waals surface area contributed by atoms with Crippen LogP contribution in [0.4, 0.5) is 18.9 Å². The van der Waals surface area contributed by atoms with Crippen LogP contribution in [0.1, 0.15) is 49.8 Å². The normalized spacial score (nSPS) is 15.1. The molecule has 0 spiro atoms. The van der Waals surface area contributed by atoms with Crippen LogP contribution in [0.3, 0.4) is 0 Å². The van der Waals surface area contributed by atoms with Crippen molar-refractivity contribution in [2.45, 2.75) is 32.2 Å². The van der Waals surface area contributed by atoms with Crippen molar-refractivity contribution in [3.05, 3.63) is 82.8 Å². The Labute approximate surface area is 181 Å². The molecule has 2 aromatic carbocycles. The van der Waals surface area contributed by atoms with Gasteiger partial charge >= 0.3 is 0 Å². The lowest BCUT2D eigenvalue weighted by atomic mass is 9.94. The average molecular weight is 429 g/mol. The van der Waals surface area contributed by atoms with E-state index in [0.717, 1.165) is 11.6 Å². The highest BCUT2D eigenvalue weighted by Crippen LogP contribution is 2.39. The molecule has 164 valence electrons. The summed E-state index contributed by atoms with van der Waals surface area (Å²) in [4.78, 5) is 17.4. The number of hydrogen-bond acceptors (Lipinski definition) is 3. The van der Waals surface area contributed by atoms with Gasteiger partial charge in [-0.3, -0.25) is 9.78 Å². The summed E-state index contributed by atoms with van der Waals surface area (Å²) in [5.74, 6) is -4.60. The standard InChI is InChI=1S/C24H22F3N3O.2H2/c1-4-5-13-6-7-15(24(31)29-12(2)3)14-8-9-19(30-22(13)14)17-11-28-23-16(17)10-18(25)20(26)21(23)27;;/h4,6-10,12,17,28H,1,5,11H2,2-3H3,(H,29,31);2*1H. The van der Waals surface area contributed by atoms with Crippen LogP contribution in [0.2, 0.25) is 0 Å². The van der Waals surface area contributed by atoms with E-state index < -0.39 is 23.4 Å². The lowest BCUT2D eigenvalue weighted by Gasteiger charge is -2.15. The molecule has 4 rings (SSSR count). The Morgan fingerprint density at radius 2 is 2.06 bits per heavy atom. The number of allylic oxidation sites excluding steroid dienone is 1. The van der Waals surface area contributed by atoms with Crippen LogP contribution < -0.4 is 10.6 Å². The summed E-state index contributed by atoms with van der Waals surface area (Å²) in [6.07, 6.45) is 2.30. The third-order valence-corrected chi connectivity index (χ3v) is 5.40. The fourth-order valence-corrected chi connectivity index (χ4v) is 3.99. The van der Waals surface area contributed by atoms with Gasteiger partial charge in [-0.15, -0.1) is 6.58 Å². The number of nitrogens with one attached hydrogen (secondary N) is 2. The van der Waals surface area contributed by atoms with Crippen LogP contribution in [-0.4, -0.2) is 23.5 Å². The van der Waals surface area contributed by atoms with Gasteiger partial charge in [-0.1, -0.05) is 18.2 Å². The molecular formula is C24H26F3N3O. The van der Waals surface area contributed by atoms with Crippen LogP contribution in [0.15, 0.2) is 43.0 Å². The van der Waals surface area contributed by atoms with E-state index in [1.165, 1.54) is 0 Å². The van der Waals surface area contributed by atoms with Gasteiger partial charge in [0.05, 0.1) is 16.9 Å². The molecule has 7 heteroatoms. The number of anilines is 1. The van der Waals surface area contributed by atoms with Crippen molar-refractivity contribution in [3.8, 4) is 0 Å². The Morgan fingerprint density at radius 3 is 2.77 bits per heavy atom. The Hall–Kier alpha value is -3.35. The maximum Gasteiger partial charge on any atom is 0.252 e. The monoisotopic (exact) mass is 429 g/mol. The van der Waals surface area contributed by atoms with Gasteiger partial charge in [0.2, 0.25) is 0 Å². The molecule has 1 aliphatic heterocycles. The van der Waals surface area contributed by atoms with Crippen LogP contribution in [-0.2, 0) is 6.42 Å². The topological polar surface area (TPSA) is 54.0 Å². The molecule has 2 heterocycles. The smallest absolute Gasteiger partial charge is 0.252 e. The first-order chi connectivity index (χ1) is 14.8. The van der Waals surface area contributed by atoms with E-state index in [0.29, 0.717) is 34.1 Å². The molecule has 31 heavy (non-hydrogen) atoms. The SMILES string of the molecule is C=CCc1ccc(C(=O)NC(C)C)c2ccc(C3CNc4c3cc(F)c(F)c4F)nc12.[HH].[HH]. The van der Waals surface area contributed by atoms with E-state index in [1.54, 1.807) is 24.3 Å². The van der Waals surface area contributed by atoms with Crippen molar-refractivity contribution >= 4 is 22.5 Å². The molecule has 0 aliphatic carbocycles. The molecule has 1 unspecified atom stereocenters.